The molecule has 1 aromatic heterocycles. The Balaban J connectivity index is 2.14. The maximum atomic E-state index is 12.4. The molecule has 0 unspecified atom stereocenters. The molecular formula is C15H20N4O. The number of rotatable bonds is 6. The molecule has 5 nitrogen and oxygen atoms in total. The fraction of sp³-hybridized carbons (Fsp3) is 0.400. The van der Waals surface area contributed by atoms with Crippen molar-refractivity contribution in [1.82, 2.24) is 19.7 Å². The highest BCUT2D eigenvalue weighted by molar-refractivity contribution is 5.94. The molecule has 20 heavy (non-hydrogen) atoms. The number of aromatic nitrogens is 3. The fourth-order valence-corrected chi connectivity index (χ4v) is 2.14. The summed E-state index contributed by atoms with van der Waals surface area (Å²) in [5.74, 6) is 0.0961. The molecular weight excluding hydrogens is 252 g/mol. The zero-order valence-electron chi connectivity index (χ0n) is 12.0. The average molecular weight is 272 g/mol. The molecule has 0 aliphatic rings. The van der Waals surface area contributed by atoms with Gasteiger partial charge >= 0.3 is 0 Å². The summed E-state index contributed by atoms with van der Waals surface area (Å²) < 4.78 is 1.67. The minimum atomic E-state index is 0.0961. The normalized spacial score (nSPS) is 10.5. The standard InChI is InChI=1S/C15H20N4O/c1-3-9-18(10-4-2)15(20)13-5-7-14(8-6-13)19-12-16-11-17-19/h5-8,11-12H,3-4,9-10H2,1-2H3. The predicted octanol–water partition coefficient (Wildman–Crippen LogP) is 2.53. The fourth-order valence-electron chi connectivity index (χ4n) is 2.14. The third kappa shape index (κ3) is 3.23. The topological polar surface area (TPSA) is 51.0 Å². The third-order valence-corrected chi connectivity index (χ3v) is 3.07. The minimum Gasteiger partial charge on any atom is -0.339 e. The molecule has 2 rings (SSSR count). The Kier molecular flexibility index (Phi) is 4.87. The van der Waals surface area contributed by atoms with Crippen LogP contribution in [0.25, 0.3) is 5.69 Å². The van der Waals surface area contributed by atoms with Crippen LogP contribution in [0.4, 0.5) is 0 Å². The van der Waals surface area contributed by atoms with Gasteiger partial charge in [-0.15, -0.1) is 0 Å². The molecule has 1 aromatic carbocycles. The summed E-state index contributed by atoms with van der Waals surface area (Å²) in [6, 6.07) is 7.46. The first kappa shape index (κ1) is 14.2. The van der Waals surface area contributed by atoms with E-state index in [1.807, 2.05) is 29.2 Å². The summed E-state index contributed by atoms with van der Waals surface area (Å²) in [6.45, 7) is 5.78. The molecule has 0 aliphatic carbocycles. The lowest BCUT2D eigenvalue weighted by molar-refractivity contribution is 0.0755. The van der Waals surface area contributed by atoms with Crippen LogP contribution in [0, 0.1) is 0 Å². The maximum Gasteiger partial charge on any atom is 0.253 e. The molecule has 1 heterocycles. The molecule has 0 saturated heterocycles. The molecule has 0 bridgehead atoms. The molecule has 0 fully saturated rings. The number of hydrogen-bond acceptors (Lipinski definition) is 3. The van der Waals surface area contributed by atoms with E-state index in [1.54, 1.807) is 11.0 Å². The van der Waals surface area contributed by atoms with Crippen molar-refractivity contribution in [2.75, 3.05) is 13.1 Å². The van der Waals surface area contributed by atoms with Gasteiger partial charge in [0.25, 0.3) is 5.91 Å². The summed E-state index contributed by atoms with van der Waals surface area (Å²) in [6.07, 6.45) is 5.08. The van der Waals surface area contributed by atoms with E-state index < -0.39 is 0 Å². The van der Waals surface area contributed by atoms with Crippen molar-refractivity contribution in [3.05, 3.63) is 42.5 Å². The molecule has 1 amide bonds. The summed E-state index contributed by atoms with van der Waals surface area (Å²) in [5, 5.41) is 4.07. The average Bonchev–Trinajstić information content (AvgIpc) is 3.01. The van der Waals surface area contributed by atoms with E-state index in [2.05, 4.69) is 23.9 Å². The molecule has 0 spiro atoms. The van der Waals surface area contributed by atoms with Gasteiger partial charge in [-0.1, -0.05) is 13.8 Å². The zero-order valence-corrected chi connectivity index (χ0v) is 12.0. The molecule has 0 radical (unpaired) electrons. The van der Waals surface area contributed by atoms with E-state index in [-0.39, 0.29) is 5.91 Å². The maximum absolute atomic E-state index is 12.4. The van der Waals surface area contributed by atoms with Gasteiger partial charge < -0.3 is 4.90 Å². The summed E-state index contributed by atoms with van der Waals surface area (Å²) in [7, 11) is 0. The largest absolute Gasteiger partial charge is 0.339 e. The van der Waals surface area contributed by atoms with Gasteiger partial charge in [-0.2, -0.15) is 5.10 Å². The molecule has 0 N–H and O–H groups in total. The van der Waals surface area contributed by atoms with Crippen molar-refractivity contribution in [2.24, 2.45) is 0 Å². The van der Waals surface area contributed by atoms with E-state index in [9.17, 15) is 4.79 Å². The van der Waals surface area contributed by atoms with Crippen LogP contribution in [0.2, 0.25) is 0 Å². The summed E-state index contributed by atoms with van der Waals surface area (Å²) in [5.41, 5.74) is 1.62. The van der Waals surface area contributed by atoms with E-state index in [0.29, 0.717) is 0 Å². The highest BCUT2D eigenvalue weighted by atomic mass is 16.2. The van der Waals surface area contributed by atoms with Gasteiger partial charge in [-0.25, -0.2) is 9.67 Å². The number of nitrogens with zero attached hydrogens (tertiary/aromatic N) is 4. The lowest BCUT2D eigenvalue weighted by atomic mass is 10.1. The van der Waals surface area contributed by atoms with Gasteiger partial charge in [0.05, 0.1) is 5.69 Å². The Bertz CT molecular complexity index is 528. The second-order valence-electron chi connectivity index (χ2n) is 4.68. The zero-order chi connectivity index (χ0) is 14.4. The highest BCUT2D eigenvalue weighted by Crippen LogP contribution is 2.11. The number of carbonyl (C=O) groups is 1. The highest BCUT2D eigenvalue weighted by Gasteiger charge is 2.14. The van der Waals surface area contributed by atoms with Crippen LogP contribution in [0.3, 0.4) is 0 Å². The van der Waals surface area contributed by atoms with Crippen molar-refractivity contribution >= 4 is 5.91 Å². The molecule has 5 heteroatoms. The van der Waals surface area contributed by atoms with Gasteiger partial charge in [-0.3, -0.25) is 4.79 Å². The predicted molar refractivity (Wildman–Crippen MR) is 77.8 cm³/mol. The number of hydrogen-bond donors (Lipinski definition) is 0. The van der Waals surface area contributed by atoms with E-state index in [4.69, 9.17) is 0 Å². The molecule has 106 valence electrons. The quantitative estimate of drug-likeness (QED) is 0.812. The summed E-state index contributed by atoms with van der Waals surface area (Å²) >= 11 is 0. The van der Waals surface area contributed by atoms with Crippen LogP contribution >= 0.6 is 0 Å². The van der Waals surface area contributed by atoms with Crippen molar-refractivity contribution < 1.29 is 4.79 Å². The number of benzene rings is 1. The van der Waals surface area contributed by atoms with Gasteiger partial charge in [-0.05, 0) is 37.1 Å². The van der Waals surface area contributed by atoms with Crippen LogP contribution < -0.4 is 0 Å². The monoisotopic (exact) mass is 272 g/mol. The third-order valence-electron chi connectivity index (χ3n) is 3.07. The molecule has 0 aliphatic heterocycles. The smallest absolute Gasteiger partial charge is 0.253 e. The summed E-state index contributed by atoms with van der Waals surface area (Å²) in [4.78, 5) is 18.2. The molecule has 0 atom stereocenters. The SMILES string of the molecule is CCCN(CCC)C(=O)c1ccc(-n2cncn2)cc1. The van der Waals surface area contributed by atoms with Crippen LogP contribution in [0.1, 0.15) is 37.0 Å². The van der Waals surface area contributed by atoms with Gasteiger partial charge in [0.2, 0.25) is 0 Å². The lowest BCUT2D eigenvalue weighted by Crippen LogP contribution is -2.32. The Hall–Kier alpha value is -2.17. The van der Waals surface area contributed by atoms with Gasteiger partial charge in [0.15, 0.2) is 0 Å². The van der Waals surface area contributed by atoms with E-state index in [0.717, 1.165) is 37.2 Å². The first-order chi connectivity index (χ1) is 9.76. The van der Waals surface area contributed by atoms with E-state index in [1.165, 1.54) is 6.33 Å². The second kappa shape index (κ2) is 6.84. The Morgan fingerprint density at radius 2 is 1.80 bits per heavy atom. The Labute approximate surface area is 119 Å². The minimum absolute atomic E-state index is 0.0961. The second-order valence-corrected chi connectivity index (χ2v) is 4.68. The van der Waals surface area contributed by atoms with Crippen LogP contribution in [0.5, 0.6) is 0 Å². The van der Waals surface area contributed by atoms with E-state index >= 15 is 0 Å². The molecule has 0 saturated carbocycles. The Morgan fingerprint density at radius 3 is 2.30 bits per heavy atom. The number of carbonyl (C=O) groups excluding carboxylic acids is 1. The molecule has 2 aromatic rings. The first-order valence-electron chi connectivity index (χ1n) is 7.00. The van der Waals surface area contributed by atoms with Gasteiger partial charge in [0.1, 0.15) is 12.7 Å². The lowest BCUT2D eigenvalue weighted by Gasteiger charge is -2.21. The van der Waals surface area contributed by atoms with Crippen molar-refractivity contribution in [3.8, 4) is 5.69 Å². The van der Waals surface area contributed by atoms with Crippen LogP contribution in [0.15, 0.2) is 36.9 Å². The van der Waals surface area contributed by atoms with Crippen LogP contribution in [-0.2, 0) is 0 Å². The van der Waals surface area contributed by atoms with Crippen LogP contribution in [-0.4, -0.2) is 38.7 Å². The van der Waals surface area contributed by atoms with Gasteiger partial charge in [0, 0.05) is 18.7 Å². The van der Waals surface area contributed by atoms with Crippen molar-refractivity contribution in [2.45, 2.75) is 26.7 Å². The first-order valence-corrected chi connectivity index (χ1v) is 7.00. The van der Waals surface area contributed by atoms with Crippen molar-refractivity contribution in [1.29, 1.82) is 0 Å². The number of amides is 1. The Morgan fingerprint density at radius 1 is 1.15 bits per heavy atom. The van der Waals surface area contributed by atoms with Crippen molar-refractivity contribution in [3.63, 3.8) is 0 Å².